The Morgan fingerprint density at radius 1 is 1.04 bits per heavy atom. The van der Waals surface area contributed by atoms with Crippen LogP contribution in [0.2, 0.25) is 0 Å². The van der Waals surface area contributed by atoms with Crippen LogP contribution in [0.15, 0.2) is 59.4 Å². The van der Waals surface area contributed by atoms with Crippen LogP contribution in [0.3, 0.4) is 0 Å². The Morgan fingerprint density at radius 3 is 2.32 bits per heavy atom. The number of benzene rings is 2. The Hall–Kier alpha value is -2.95. The molecule has 146 valence electrons. The highest BCUT2D eigenvalue weighted by Gasteiger charge is 2.21. The topological polar surface area (TPSA) is 55.2 Å². The number of hydrogen-bond donors (Lipinski definition) is 0. The zero-order chi connectivity index (χ0) is 20.1. The minimum atomic E-state index is -0.145. The van der Waals surface area contributed by atoms with Gasteiger partial charge in [-0.3, -0.25) is 9.59 Å². The van der Waals surface area contributed by atoms with Gasteiger partial charge in [-0.05, 0) is 30.9 Å². The van der Waals surface area contributed by atoms with E-state index in [2.05, 4.69) is 17.2 Å². The molecule has 3 aromatic rings. The highest BCUT2D eigenvalue weighted by Crippen LogP contribution is 2.16. The zero-order valence-corrected chi connectivity index (χ0v) is 16.8. The summed E-state index contributed by atoms with van der Waals surface area (Å²) in [6.07, 6.45) is 0.782. The fourth-order valence-corrected chi connectivity index (χ4v) is 3.32. The molecule has 1 amide bonds. The van der Waals surface area contributed by atoms with Crippen molar-refractivity contribution < 1.29 is 4.79 Å². The first-order valence-corrected chi connectivity index (χ1v) is 9.84. The molecule has 0 aliphatic carbocycles. The van der Waals surface area contributed by atoms with Crippen molar-refractivity contribution >= 4 is 16.7 Å². The Morgan fingerprint density at radius 2 is 1.68 bits per heavy atom. The molecule has 0 aliphatic heterocycles. The van der Waals surface area contributed by atoms with E-state index in [9.17, 15) is 9.59 Å². The molecule has 0 atom stereocenters. The van der Waals surface area contributed by atoms with Crippen LogP contribution in [0.1, 0.15) is 36.8 Å². The summed E-state index contributed by atoms with van der Waals surface area (Å²) in [7, 11) is 0. The predicted octanol–water partition coefficient (Wildman–Crippen LogP) is 3.76. The normalized spacial score (nSPS) is 11.1. The maximum absolute atomic E-state index is 13.3. The lowest BCUT2D eigenvalue weighted by atomic mass is 10.1. The summed E-state index contributed by atoms with van der Waals surface area (Å²) in [6.45, 7) is 7.71. The molecule has 0 spiro atoms. The smallest absolute Gasteiger partial charge is 0.274 e. The second-order valence-corrected chi connectivity index (χ2v) is 7.40. The van der Waals surface area contributed by atoms with Gasteiger partial charge in [0.05, 0.1) is 5.39 Å². The van der Waals surface area contributed by atoms with Gasteiger partial charge in [-0.2, -0.15) is 5.10 Å². The van der Waals surface area contributed by atoms with Crippen LogP contribution in [0.25, 0.3) is 10.8 Å². The number of carbonyl (C=O) groups excluding carboxylic acids is 1. The average Bonchev–Trinajstić information content (AvgIpc) is 2.71. The third kappa shape index (κ3) is 4.30. The highest BCUT2D eigenvalue weighted by atomic mass is 16.2. The molecule has 0 unspecified atom stereocenters. The molecule has 5 nitrogen and oxygen atoms in total. The van der Waals surface area contributed by atoms with Gasteiger partial charge >= 0.3 is 0 Å². The zero-order valence-electron chi connectivity index (χ0n) is 16.8. The van der Waals surface area contributed by atoms with Crippen molar-refractivity contribution in [2.45, 2.75) is 33.7 Å². The van der Waals surface area contributed by atoms with E-state index in [-0.39, 0.29) is 17.4 Å². The van der Waals surface area contributed by atoms with Crippen LogP contribution in [0.5, 0.6) is 0 Å². The number of rotatable bonds is 7. The van der Waals surface area contributed by atoms with E-state index in [1.165, 1.54) is 10.2 Å². The summed E-state index contributed by atoms with van der Waals surface area (Å²) in [5.74, 6) is 0.127. The first kappa shape index (κ1) is 19.8. The van der Waals surface area contributed by atoms with Gasteiger partial charge in [-0.1, -0.05) is 62.4 Å². The molecule has 3 rings (SSSR count). The van der Waals surface area contributed by atoms with Crippen molar-refractivity contribution in [1.29, 1.82) is 0 Å². The number of hydrogen-bond acceptors (Lipinski definition) is 3. The maximum Gasteiger partial charge on any atom is 0.274 e. The van der Waals surface area contributed by atoms with E-state index in [1.54, 1.807) is 11.0 Å². The summed E-state index contributed by atoms with van der Waals surface area (Å²) in [5.41, 5.74) is 1.40. The molecule has 2 aromatic carbocycles. The molecule has 0 aliphatic rings. The van der Waals surface area contributed by atoms with E-state index in [0.717, 1.165) is 6.42 Å². The van der Waals surface area contributed by atoms with E-state index in [0.29, 0.717) is 36.1 Å². The van der Waals surface area contributed by atoms with Crippen LogP contribution in [-0.2, 0) is 13.0 Å². The van der Waals surface area contributed by atoms with Crippen molar-refractivity contribution in [3.63, 3.8) is 0 Å². The fourth-order valence-electron chi connectivity index (χ4n) is 3.32. The van der Waals surface area contributed by atoms with Crippen LogP contribution >= 0.6 is 0 Å². The predicted molar refractivity (Wildman–Crippen MR) is 113 cm³/mol. The third-order valence-electron chi connectivity index (χ3n) is 4.79. The lowest BCUT2D eigenvalue weighted by molar-refractivity contribution is 0.0759. The van der Waals surface area contributed by atoms with Gasteiger partial charge in [0.15, 0.2) is 5.69 Å². The second kappa shape index (κ2) is 8.83. The van der Waals surface area contributed by atoms with Gasteiger partial charge in [0.1, 0.15) is 0 Å². The quantitative estimate of drug-likeness (QED) is 0.630. The molecule has 1 heterocycles. The van der Waals surface area contributed by atoms with Gasteiger partial charge in [0.2, 0.25) is 0 Å². The standard InChI is InChI=1S/C23H27N3O2/c1-4-25(15-14-18-10-6-5-7-11-18)23(28)21-19-12-8-9-13-20(19)22(27)26(24-21)16-17(2)3/h5-13,17H,4,14-16H2,1-3H3. The van der Waals surface area contributed by atoms with Crippen LogP contribution in [0, 0.1) is 5.92 Å². The highest BCUT2D eigenvalue weighted by molar-refractivity contribution is 6.04. The average molecular weight is 377 g/mol. The van der Waals surface area contributed by atoms with Gasteiger partial charge in [-0.25, -0.2) is 4.68 Å². The van der Waals surface area contributed by atoms with E-state index in [1.807, 2.05) is 57.2 Å². The monoisotopic (exact) mass is 377 g/mol. The van der Waals surface area contributed by atoms with Crippen molar-refractivity contribution in [2.75, 3.05) is 13.1 Å². The van der Waals surface area contributed by atoms with Gasteiger partial charge < -0.3 is 4.90 Å². The molecule has 28 heavy (non-hydrogen) atoms. The van der Waals surface area contributed by atoms with Crippen molar-refractivity contribution in [2.24, 2.45) is 5.92 Å². The Bertz CT molecular complexity index is 1010. The summed E-state index contributed by atoms with van der Waals surface area (Å²) >= 11 is 0. The lowest BCUT2D eigenvalue weighted by Gasteiger charge is -2.22. The maximum atomic E-state index is 13.3. The molecule has 0 radical (unpaired) electrons. The molecule has 0 bridgehead atoms. The number of nitrogens with zero attached hydrogens (tertiary/aromatic N) is 3. The summed E-state index contributed by atoms with van der Waals surface area (Å²) in [4.78, 5) is 27.9. The fraction of sp³-hybridized carbons (Fsp3) is 0.348. The summed E-state index contributed by atoms with van der Waals surface area (Å²) in [6, 6.07) is 17.4. The van der Waals surface area contributed by atoms with Crippen molar-refractivity contribution in [3.05, 3.63) is 76.2 Å². The molecule has 0 fully saturated rings. The molecule has 5 heteroatoms. The molecular formula is C23H27N3O2. The number of aromatic nitrogens is 2. The van der Waals surface area contributed by atoms with E-state index >= 15 is 0 Å². The Kier molecular flexibility index (Phi) is 6.24. The minimum Gasteiger partial charge on any atom is -0.337 e. The first-order valence-electron chi connectivity index (χ1n) is 9.84. The van der Waals surface area contributed by atoms with Crippen LogP contribution < -0.4 is 5.56 Å². The summed E-state index contributed by atoms with van der Waals surface area (Å²) < 4.78 is 1.44. The summed E-state index contributed by atoms with van der Waals surface area (Å²) in [5, 5.41) is 5.64. The molecular weight excluding hydrogens is 350 g/mol. The van der Waals surface area contributed by atoms with Gasteiger partial charge in [-0.15, -0.1) is 0 Å². The lowest BCUT2D eigenvalue weighted by Crippen LogP contribution is -2.36. The Balaban J connectivity index is 1.96. The molecule has 1 aromatic heterocycles. The number of likely N-dealkylation sites (N-methyl/N-ethyl adjacent to an activating group) is 1. The second-order valence-electron chi connectivity index (χ2n) is 7.40. The van der Waals surface area contributed by atoms with Crippen molar-refractivity contribution in [1.82, 2.24) is 14.7 Å². The number of amides is 1. The van der Waals surface area contributed by atoms with Gasteiger partial charge in [0, 0.05) is 25.0 Å². The molecule has 0 saturated carbocycles. The first-order chi connectivity index (χ1) is 13.5. The molecule has 0 N–H and O–H groups in total. The van der Waals surface area contributed by atoms with E-state index < -0.39 is 0 Å². The third-order valence-corrected chi connectivity index (χ3v) is 4.79. The largest absolute Gasteiger partial charge is 0.337 e. The minimum absolute atomic E-state index is 0.132. The van der Waals surface area contributed by atoms with E-state index in [4.69, 9.17) is 0 Å². The van der Waals surface area contributed by atoms with Crippen LogP contribution in [0.4, 0.5) is 0 Å². The number of fused-ring (bicyclic) bond motifs is 1. The number of carbonyl (C=O) groups is 1. The van der Waals surface area contributed by atoms with Crippen LogP contribution in [-0.4, -0.2) is 33.7 Å². The van der Waals surface area contributed by atoms with Crippen molar-refractivity contribution in [3.8, 4) is 0 Å². The van der Waals surface area contributed by atoms with Gasteiger partial charge in [0.25, 0.3) is 11.5 Å². The SMILES string of the molecule is CCN(CCc1ccccc1)C(=O)c1nn(CC(C)C)c(=O)c2ccccc12. The Labute approximate surface area is 165 Å². The molecule has 0 saturated heterocycles.